The average molecular weight is 246 g/mol. The molecule has 0 amide bonds. The number of ether oxygens (including phenoxy) is 1. The predicted molar refractivity (Wildman–Crippen MR) is 70.6 cm³/mol. The molecule has 0 fully saturated rings. The van der Waals surface area contributed by atoms with Crippen molar-refractivity contribution in [3.63, 3.8) is 0 Å². The van der Waals surface area contributed by atoms with Crippen LogP contribution >= 0.6 is 0 Å². The second-order valence-corrected chi connectivity index (χ2v) is 5.68. The van der Waals surface area contributed by atoms with Gasteiger partial charge >= 0.3 is 0 Å². The van der Waals surface area contributed by atoms with Gasteiger partial charge in [0.15, 0.2) is 6.29 Å². The van der Waals surface area contributed by atoms with E-state index in [0.29, 0.717) is 6.61 Å². The largest absolute Gasteiger partial charge is 0.346 e. The first-order valence-corrected chi connectivity index (χ1v) is 6.85. The molecule has 0 N–H and O–H groups in total. The summed E-state index contributed by atoms with van der Waals surface area (Å²) in [5.41, 5.74) is -0.0752. The molecule has 0 radical (unpaired) electrons. The van der Waals surface area contributed by atoms with Gasteiger partial charge in [-0.3, -0.25) is 0 Å². The van der Waals surface area contributed by atoms with Gasteiger partial charge in [-0.25, -0.2) is 9.78 Å². The smallest absolute Gasteiger partial charge is 0.196 e. The molecule has 2 atom stereocenters. The second kappa shape index (κ2) is 8.90. The summed E-state index contributed by atoms with van der Waals surface area (Å²) in [4.78, 5) is 10.6. The van der Waals surface area contributed by atoms with Crippen LogP contribution in [0.15, 0.2) is 0 Å². The van der Waals surface area contributed by atoms with Gasteiger partial charge in [0.2, 0.25) is 0 Å². The maximum Gasteiger partial charge on any atom is 0.196 e. The Morgan fingerprint density at radius 1 is 1.06 bits per heavy atom. The molecule has 3 heteroatoms. The van der Waals surface area contributed by atoms with Crippen LogP contribution in [0.25, 0.3) is 0 Å². The van der Waals surface area contributed by atoms with E-state index in [1.807, 2.05) is 0 Å². The SMILES string of the molecule is CCCCCOOC(OC(C)CC)C(C)(C)C. The van der Waals surface area contributed by atoms with Gasteiger partial charge in [0, 0.05) is 5.41 Å². The summed E-state index contributed by atoms with van der Waals surface area (Å²) in [6, 6.07) is 0. The highest BCUT2D eigenvalue weighted by molar-refractivity contribution is 4.66. The van der Waals surface area contributed by atoms with Crippen LogP contribution in [-0.2, 0) is 14.5 Å². The highest BCUT2D eigenvalue weighted by Crippen LogP contribution is 2.25. The van der Waals surface area contributed by atoms with Crippen molar-refractivity contribution < 1.29 is 14.5 Å². The third kappa shape index (κ3) is 8.58. The molecule has 0 aromatic rings. The summed E-state index contributed by atoms with van der Waals surface area (Å²) >= 11 is 0. The van der Waals surface area contributed by atoms with E-state index in [2.05, 4.69) is 41.5 Å². The molecule has 2 unspecified atom stereocenters. The van der Waals surface area contributed by atoms with E-state index < -0.39 is 0 Å². The molecule has 17 heavy (non-hydrogen) atoms. The van der Waals surface area contributed by atoms with E-state index in [1.54, 1.807) is 0 Å². The monoisotopic (exact) mass is 246 g/mol. The Morgan fingerprint density at radius 3 is 2.18 bits per heavy atom. The third-order valence-electron chi connectivity index (χ3n) is 2.62. The lowest BCUT2D eigenvalue weighted by Gasteiger charge is -2.31. The molecule has 0 aliphatic heterocycles. The highest BCUT2D eigenvalue weighted by Gasteiger charge is 2.28. The zero-order valence-electron chi connectivity index (χ0n) is 12.4. The Balaban J connectivity index is 3.95. The normalized spacial score (nSPS) is 15.9. The molecule has 0 aromatic heterocycles. The first kappa shape index (κ1) is 16.9. The summed E-state index contributed by atoms with van der Waals surface area (Å²) in [7, 11) is 0. The molecule has 0 saturated carbocycles. The summed E-state index contributed by atoms with van der Waals surface area (Å²) in [5.74, 6) is 0. The van der Waals surface area contributed by atoms with Crippen LogP contribution in [-0.4, -0.2) is 19.0 Å². The van der Waals surface area contributed by atoms with E-state index in [0.717, 1.165) is 12.8 Å². The molecule has 3 nitrogen and oxygen atoms in total. The van der Waals surface area contributed by atoms with Gasteiger partial charge in [-0.15, -0.1) is 0 Å². The number of hydrogen-bond acceptors (Lipinski definition) is 3. The van der Waals surface area contributed by atoms with Gasteiger partial charge in [-0.1, -0.05) is 47.5 Å². The zero-order valence-corrected chi connectivity index (χ0v) is 12.4. The number of hydrogen-bond donors (Lipinski definition) is 0. The van der Waals surface area contributed by atoms with Crippen molar-refractivity contribution >= 4 is 0 Å². The predicted octanol–water partition coefficient (Wildman–Crippen LogP) is 4.31. The number of rotatable bonds is 9. The molecule has 0 rings (SSSR count). The number of unbranched alkanes of at least 4 members (excludes halogenated alkanes) is 2. The Labute approximate surface area is 107 Å². The molecule has 0 aliphatic rings. The van der Waals surface area contributed by atoms with Crippen molar-refractivity contribution in [2.24, 2.45) is 5.41 Å². The lowest BCUT2D eigenvalue weighted by Crippen LogP contribution is -2.35. The molecule has 0 spiro atoms. The van der Waals surface area contributed by atoms with Crippen molar-refractivity contribution in [1.29, 1.82) is 0 Å². The summed E-state index contributed by atoms with van der Waals surface area (Å²) < 4.78 is 5.82. The van der Waals surface area contributed by atoms with Crippen LogP contribution in [0.5, 0.6) is 0 Å². The molecule has 0 saturated heterocycles. The van der Waals surface area contributed by atoms with Crippen LogP contribution in [0.1, 0.15) is 67.2 Å². The van der Waals surface area contributed by atoms with Crippen LogP contribution in [0.4, 0.5) is 0 Å². The highest BCUT2D eigenvalue weighted by atomic mass is 17.2. The first-order chi connectivity index (χ1) is 7.91. The summed E-state index contributed by atoms with van der Waals surface area (Å²) in [5, 5.41) is 0. The molecule has 0 aliphatic carbocycles. The van der Waals surface area contributed by atoms with E-state index in [1.165, 1.54) is 12.8 Å². The fraction of sp³-hybridized carbons (Fsp3) is 1.00. The summed E-state index contributed by atoms with van der Waals surface area (Å²) in [6.45, 7) is 13.3. The van der Waals surface area contributed by atoms with E-state index in [-0.39, 0.29) is 17.8 Å². The molecule has 0 aromatic carbocycles. The van der Waals surface area contributed by atoms with E-state index >= 15 is 0 Å². The maximum absolute atomic E-state index is 5.82. The van der Waals surface area contributed by atoms with E-state index in [9.17, 15) is 0 Å². The Kier molecular flexibility index (Phi) is 8.83. The standard InChI is InChI=1S/C14H30O3/c1-7-9-10-11-15-17-13(14(4,5)6)16-12(3)8-2/h12-13H,7-11H2,1-6H3. The Hall–Kier alpha value is -0.120. The molecular weight excluding hydrogens is 216 g/mol. The second-order valence-electron chi connectivity index (χ2n) is 5.68. The van der Waals surface area contributed by atoms with Gasteiger partial charge in [0.25, 0.3) is 0 Å². The van der Waals surface area contributed by atoms with Crippen molar-refractivity contribution in [2.45, 2.75) is 79.6 Å². The van der Waals surface area contributed by atoms with Gasteiger partial charge in [0.05, 0.1) is 12.7 Å². The topological polar surface area (TPSA) is 27.7 Å². The van der Waals surface area contributed by atoms with Gasteiger partial charge in [0.1, 0.15) is 0 Å². The van der Waals surface area contributed by atoms with Crippen LogP contribution in [0, 0.1) is 5.41 Å². The van der Waals surface area contributed by atoms with Crippen molar-refractivity contribution in [3.8, 4) is 0 Å². The van der Waals surface area contributed by atoms with Gasteiger partial charge in [-0.05, 0) is 19.8 Å². The average Bonchev–Trinajstić information content (AvgIpc) is 2.25. The molecular formula is C14H30O3. The van der Waals surface area contributed by atoms with Gasteiger partial charge in [-0.2, -0.15) is 0 Å². The van der Waals surface area contributed by atoms with Crippen molar-refractivity contribution in [2.75, 3.05) is 6.61 Å². The quantitative estimate of drug-likeness (QED) is 0.262. The van der Waals surface area contributed by atoms with Crippen LogP contribution in [0.2, 0.25) is 0 Å². The molecule has 0 heterocycles. The third-order valence-corrected chi connectivity index (χ3v) is 2.62. The molecule has 104 valence electrons. The lowest BCUT2D eigenvalue weighted by atomic mass is 9.96. The Bertz CT molecular complexity index is 175. The Morgan fingerprint density at radius 2 is 1.71 bits per heavy atom. The van der Waals surface area contributed by atoms with Crippen LogP contribution in [0.3, 0.4) is 0 Å². The molecule has 0 bridgehead atoms. The zero-order chi connectivity index (χ0) is 13.3. The van der Waals surface area contributed by atoms with Gasteiger partial charge < -0.3 is 4.74 Å². The fourth-order valence-corrected chi connectivity index (χ4v) is 1.20. The van der Waals surface area contributed by atoms with Crippen LogP contribution < -0.4 is 0 Å². The minimum absolute atomic E-state index is 0.0752. The van der Waals surface area contributed by atoms with Crippen molar-refractivity contribution in [1.82, 2.24) is 0 Å². The maximum atomic E-state index is 5.82. The van der Waals surface area contributed by atoms with Crippen molar-refractivity contribution in [3.05, 3.63) is 0 Å². The minimum Gasteiger partial charge on any atom is -0.346 e. The fourth-order valence-electron chi connectivity index (χ4n) is 1.20. The lowest BCUT2D eigenvalue weighted by molar-refractivity contribution is -0.405. The van der Waals surface area contributed by atoms with E-state index in [4.69, 9.17) is 14.5 Å². The minimum atomic E-state index is -0.306. The first-order valence-electron chi connectivity index (χ1n) is 6.85. The summed E-state index contributed by atoms with van der Waals surface area (Å²) in [6.07, 6.45) is 4.27.